The number of amides is 1. The summed E-state index contributed by atoms with van der Waals surface area (Å²) < 4.78 is 5.13. The SMILES string of the molecule is COc1ccc(C(=O)C/C(=C\c2ccc(Cl)cc2)C(=O)NCc2ccccc2)cc1. The van der Waals surface area contributed by atoms with Crippen molar-refractivity contribution in [3.8, 4) is 5.75 Å². The number of methoxy groups -OCH3 is 1. The van der Waals surface area contributed by atoms with Gasteiger partial charge < -0.3 is 10.1 Å². The molecular formula is C25H22ClNO3. The maximum atomic E-state index is 12.9. The molecule has 30 heavy (non-hydrogen) atoms. The van der Waals surface area contributed by atoms with Crippen LogP contribution in [0.25, 0.3) is 6.08 Å². The molecule has 0 aliphatic heterocycles. The van der Waals surface area contributed by atoms with Gasteiger partial charge in [-0.25, -0.2) is 0 Å². The zero-order chi connectivity index (χ0) is 21.3. The fourth-order valence-electron chi connectivity index (χ4n) is 2.90. The number of Topliss-reactive ketones (excluding diaryl/α,β-unsaturated/α-hetero) is 1. The summed E-state index contributed by atoms with van der Waals surface area (Å²) >= 11 is 5.95. The molecule has 0 radical (unpaired) electrons. The highest BCUT2D eigenvalue weighted by atomic mass is 35.5. The van der Waals surface area contributed by atoms with Crippen molar-refractivity contribution in [3.63, 3.8) is 0 Å². The van der Waals surface area contributed by atoms with Gasteiger partial charge in [0, 0.05) is 29.1 Å². The third-order valence-corrected chi connectivity index (χ3v) is 4.81. The number of nitrogens with one attached hydrogen (secondary N) is 1. The van der Waals surface area contributed by atoms with Crippen LogP contribution in [0.3, 0.4) is 0 Å². The first-order chi connectivity index (χ1) is 14.5. The second-order valence-corrected chi connectivity index (χ2v) is 7.15. The zero-order valence-electron chi connectivity index (χ0n) is 16.6. The second-order valence-electron chi connectivity index (χ2n) is 6.72. The van der Waals surface area contributed by atoms with Crippen LogP contribution in [0, 0.1) is 0 Å². The van der Waals surface area contributed by atoms with Crippen LogP contribution in [-0.4, -0.2) is 18.8 Å². The first kappa shape index (κ1) is 21.3. The Bertz CT molecular complexity index is 1030. The van der Waals surface area contributed by atoms with E-state index >= 15 is 0 Å². The van der Waals surface area contributed by atoms with E-state index in [0.717, 1.165) is 11.1 Å². The summed E-state index contributed by atoms with van der Waals surface area (Å²) in [6, 6.07) is 23.6. The van der Waals surface area contributed by atoms with Crippen LogP contribution in [0.5, 0.6) is 5.75 Å². The maximum Gasteiger partial charge on any atom is 0.247 e. The lowest BCUT2D eigenvalue weighted by atomic mass is 10.00. The average Bonchev–Trinajstić information content (AvgIpc) is 2.79. The number of hydrogen-bond acceptors (Lipinski definition) is 3. The Balaban J connectivity index is 1.79. The van der Waals surface area contributed by atoms with Crippen LogP contribution < -0.4 is 10.1 Å². The standard InChI is InChI=1S/C25H22ClNO3/c1-30-23-13-9-20(10-14-23)24(28)16-21(15-18-7-11-22(26)12-8-18)25(29)27-17-19-5-3-2-4-6-19/h2-15H,16-17H2,1H3,(H,27,29)/b21-15+. The number of rotatable bonds is 8. The van der Waals surface area contributed by atoms with Crippen molar-refractivity contribution in [2.24, 2.45) is 0 Å². The highest BCUT2D eigenvalue weighted by molar-refractivity contribution is 6.30. The van der Waals surface area contributed by atoms with Crippen molar-refractivity contribution in [2.75, 3.05) is 7.11 Å². The minimum atomic E-state index is -0.282. The van der Waals surface area contributed by atoms with Gasteiger partial charge >= 0.3 is 0 Å². The molecule has 0 saturated heterocycles. The summed E-state index contributed by atoms with van der Waals surface area (Å²) in [5.41, 5.74) is 2.69. The Morgan fingerprint density at radius 3 is 2.23 bits per heavy atom. The summed E-state index contributed by atoms with van der Waals surface area (Å²) in [7, 11) is 1.57. The van der Waals surface area contributed by atoms with E-state index in [1.54, 1.807) is 49.6 Å². The van der Waals surface area contributed by atoms with E-state index in [2.05, 4.69) is 5.32 Å². The first-order valence-electron chi connectivity index (χ1n) is 9.50. The van der Waals surface area contributed by atoms with E-state index < -0.39 is 0 Å². The molecule has 0 aromatic heterocycles. The van der Waals surface area contributed by atoms with Crippen LogP contribution in [0.15, 0.2) is 84.4 Å². The van der Waals surface area contributed by atoms with Crippen molar-refractivity contribution in [1.82, 2.24) is 5.32 Å². The predicted molar refractivity (Wildman–Crippen MR) is 120 cm³/mol. The lowest BCUT2D eigenvalue weighted by Gasteiger charge is -2.10. The molecular weight excluding hydrogens is 398 g/mol. The largest absolute Gasteiger partial charge is 0.497 e. The van der Waals surface area contributed by atoms with Crippen molar-refractivity contribution in [1.29, 1.82) is 0 Å². The third-order valence-electron chi connectivity index (χ3n) is 4.56. The minimum absolute atomic E-state index is 0.0183. The molecule has 0 aliphatic carbocycles. The molecule has 3 aromatic carbocycles. The van der Waals surface area contributed by atoms with Gasteiger partial charge in [-0.3, -0.25) is 9.59 Å². The Kier molecular flexibility index (Phi) is 7.41. The van der Waals surface area contributed by atoms with Gasteiger partial charge in [-0.2, -0.15) is 0 Å². The highest BCUT2D eigenvalue weighted by Gasteiger charge is 2.16. The zero-order valence-corrected chi connectivity index (χ0v) is 17.4. The van der Waals surface area contributed by atoms with Gasteiger partial charge in [0.1, 0.15) is 5.75 Å². The molecule has 0 aliphatic rings. The molecule has 0 fully saturated rings. The van der Waals surface area contributed by atoms with E-state index in [4.69, 9.17) is 16.3 Å². The van der Waals surface area contributed by atoms with Crippen LogP contribution in [0.1, 0.15) is 27.9 Å². The van der Waals surface area contributed by atoms with Gasteiger partial charge in [-0.05, 0) is 53.6 Å². The number of hydrogen-bond donors (Lipinski definition) is 1. The Labute approximate surface area is 181 Å². The monoisotopic (exact) mass is 419 g/mol. The maximum absolute atomic E-state index is 12.9. The topological polar surface area (TPSA) is 55.4 Å². The number of benzene rings is 3. The molecule has 0 saturated carbocycles. The van der Waals surface area contributed by atoms with Crippen LogP contribution in [0.4, 0.5) is 0 Å². The summed E-state index contributed by atoms with van der Waals surface area (Å²) in [5, 5.41) is 3.51. The third kappa shape index (κ3) is 6.06. The lowest BCUT2D eigenvalue weighted by Crippen LogP contribution is -2.25. The summed E-state index contributed by atoms with van der Waals surface area (Å²) in [5.74, 6) is 0.243. The van der Waals surface area contributed by atoms with Crippen molar-refractivity contribution in [3.05, 3.63) is 106 Å². The van der Waals surface area contributed by atoms with E-state index in [9.17, 15) is 9.59 Å². The molecule has 5 heteroatoms. The predicted octanol–water partition coefficient (Wildman–Crippen LogP) is 5.32. The van der Waals surface area contributed by atoms with Gasteiger partial charge in [0.25, 0.3) is 0 Å². The molecule has 0 heterocycles. The Morgan fingerprint density at radius 1 is 0.933 bits per heavy atom. The molecule has 0 atom stereocenters. The molecule has 1 amide bonds. The lowest BCUT2D eigenvalue weighted by molar-refractivity contribution is -0.117. The van der Waals surface area contributed by atoms with E-state index in [0.29, 0.717) is 28.5 Å². The first-order valence-corrected chi connectivity index (χ1v) is 9.88. The van der Waals surface area contributed by atoms with Crippen molar-refractivity contribution < 1.29 is 14.3 Å². The smallest absolute Gasteiger partial charge is 0.247 e. The Hall–Kier alpha value is -3.37. The highest BCUT2D eigenvalue weighted by Crippen LogP contribution is 2.18. The van der Waals surface area contributed by atoms with Crippen LogP contribution in [0.2, 0.25) is 5.02 Å². The molecule has 0 bridgehead atoms. The van der Waals surface area contributed by atoms with Gasteiger partial charge in [-0.1, -0.05) is 54.1 Å². The van der Waals surface area contributed by atoms with Crippen LogP contribution in [-0.2, 0) is 11.3 Å². The number of ether oxygens (including phenoxy) is 1. The summed E-state index contributed by atoms with van der Waals surface area (Å²) in [6.45, 7) is 0.383. The molecule has 152 valence electrons. The van der Waals surface area contributed by atoms with E-state index in [1.807, 2.05) is 42.5 Å². The van der Waals surface area contributed by atoms with Crippen molar-refractivity contribution in [2.45, 2.75) is 13.0 Å². The van der Waals surface area contributed by atoms with Gasteiger partial charge in [0.05, 0.1) is 7.11 Å². The fraction of sp³-hybridized carbons (Fsp3) is 0.120. The van der Waals surface area contributed by atoms with Gasteiger partial charge in [0.15, 0.2) is 5.78 Å². The average molecular weight is 420 g/mol. The molecule has 1 N–H and O–H groups in total. The molecule has 4 nitrogen and oxygen atoms in total. The number of carbonyl (C=O) groups excluding carboxylic acids is 2. The van der Waals surface area contributed by atoms with E-state index in [-0.39, 0.29) is 18.1 Å². The summed E-state index contributed by atoms with van der Waals surface area (Å²) in [6.07, 6.45) is 1.70. The molecule has 0 spiro atoms. The molecule has 0 unspecified atom stereocenters. The number of carbonyl (C=O) groups is 2. The second kappa shape index (κ2) is 10.4. The fourth-order valence-corrected chi connectivity index (χ4v) is 3.03. The quantitative estimate of drug-likeness (QED) is 0.397. The van der Waals surface area contributed by atoms with Crippen molar-refractivity contribution >= 4 is 29.4 Å². The molecule has 3 rings (SSSR count). The normalized spacial score (nSPS) is 11.1. The van der Waals surface area contributed by atoms with Gasteiger partial charge in [-0.15, -0.1) is 0 Å². The van der Waals surface area contributed by atoms with Crippen LogP contribution >= 0.6 is 11.6 Å². The molecule has 3 aromatic rings. The number of halogens is 1. The van der Waals surface area contributed by atoms with E-state index in [1.165, 1.54) is 0 Å². The van der Waals surface area contributed by atoms with Gasteiger partial charge in [0.2, 0.25) is 5.91 Å². The Morgan fingerprint density at radius 2 is 1.60 bits per heavy atom. The summed E-state index contributed by atoms with van der Waals surface area (Å²) in [4.78, 5) is 25.7. The minimum Gasteiger partial charge on any atom is -0.497 e. The number of ketones is 1.